The van der Waals surface area contributed by atoms with E-state index in [0.717, 1.165) is 0 Å². The molecule has 13 heteroatoms. The molecular weight excluding hydrogens is 618 g/mol. The number of carbonyl (C=O) groups is 1. The van der Waals surface area contributed by atoms with Crippen molar-refractivity contribution >= 4 is 45.0 Å². The van der Waals surface area contributed by atoms with Gasteiger partial charge in [-0.15, -0.1) is 0 Å². The Morgan fingerprint density at radius 3 is 2.78 bits per heavy atom. The number of nitro groups is 1. The fraction of sp³-hybridized carbons (Fsp3) is 0.179. The number of hydrogen-bond donors (Lipinski definition) is 0. The Bertz CT molecular complexity index is 1950. The summed E-state index contributed by atoms with van der Waals surface area (Å²) in [6.07, 6.45) is 1.60. The van der Waals surface area contributed by atoms with Crippen molar-refractivity contribution in [3.63, 3.8) is 0 Å². The summed E-state index contributed by atoms with van der Waals surface area (Å²) in [6.45, 7) is 3.68. The second kappa shape index (κ2) is 10.5. The summed E-state index contributed by atoms with van der Waals surface area (Å²) in [4.78, 5) is 42.5. The number of furan rings is 1. The molecule has 11 nitrogen and oxygen atoms in total. The first kappa shape index (κ1) is 26.7. The van der Waals surface area contributed by atoms with Crippen LogP contribution in [0.4, 0.5) is 5.69 Å². The second-order valence-corrected chi connectivity index (χ2v) is 10.9. The van der Waals surface area contributed by atoms with Crippen LogP contribution in [-0.4, -0.2) is 28.9 Å². The Labute approximate surface area is 243 Å². The molecule has 6 rings (SSSR count). The van der Waals surface area contributed by atoms with Crippen LogP contribution in [0.1, 0.15) is 31.2 Å². The number of non-ortho nitro benzene ring substituents is 1. The number of esters is 1. The number of allylic oxidation sites excluding steroid dienone is 1. The topological polar surface area (TPSA) is 135 Å². The average molecular weight is 638 g/mol. The molecule has 0 saturated heterocycles. The molecule has 0 fully saturated rings. The summed E-state index contributed by atoms with van der Waals surface area (Å²) in [7, 11) is 0. The first-order valence-electron chi connectivity index (χ1n) is 12.4. The van der Waals surface area contributed by atoms with Gasteiger partial charge in [-0.2, -0.15) is 0 Å². The summed E-state index contributed by atoms with van der Waals surface area (Å²) >= 11 is 4.53. The molecule has 2 aliphatic heterocycles. The van der Waals surface area contributed by atoms with Crippen LogP contribution >= 0.6 is 27.3 Å². The molecule has 2 aromatic heterocycles. The molecule has 4 heterocycles. The maximum Gasteiger partial charge on any atom is 0.338 e. The number of carbonyl (C=O) groups excluding carboxylic acids is 1. The van der Waals surface area contributed by atoms with Crippen molar-refractivity contribution in [2.24, 2.45) is 4.99 Å². The number of fused-ring (bicyclic) bond motifs is 2. The highest BCUT2D eigenvalue weighted by Crippen LogP contribution is 2.38. The van der Waals surface area contributed by atoms with Crippen molar-refractivity contribution in [2.45, 2.75) is 19.9 Å². The van der Waals surface area contributed by atoms with Crippen molar-refractivity contribution < 1.29 is 28.3 Å². The third-order valence-corrected chi connectivity index (χ3v) is 8.20. The molecule has 41 heavy (non-hydrogen) atoms. The number of nitro benzene ring substituents is 1. The van der Waals surface area contributed by atoms with Crippen LogP contribution in [0.3, 0.4) is 0 Å². The molecule has 0 aliphatic carbocycles. The number of nitrogens with zero attached hydrogens (tertiary/aromatic N) is 3. The monoisotopic (exact) mass is 637 g/mol. The lowest BCUT2D eigenvalue weighted by molar-refractivity contribution is -0.384. The van der Waals surface area contributed by atoms with Gasteiger partial charge < -0.3 is 18.6 Å². The van der Waals surface area contributed by atoms with Crippen LogP contribution in [0.2, 0.25) is 0 Å². The minimum atomic E-state index is -0.801. The molecule has 208 valence electrons. The van der Waals surface area contributed by atoms with Gasteiger partial charge in [-0.05, 0) is 65.7 Å². The first-order chi connectivity index (χ1) is 19.7. The van der Waals surface area contributed by atoms with E-state index >= 15 is 0 Å². The highest BCUT2D eigenvalue weighted by molar-refractivity contribution is 9.10. The molecule has 2 aliphatic rings. The quantitative estimate of drug-likeness (QED) is 0.172. The van der Waals surface area contributed by atoms with Gasteiger partial charge in [0, 0.05) is 28.2 Å². The minimum absolute atomic E-state index is 0.0528. The molecule has 1 atom stereocenters. The summed E-state index contributed by atoms with van der Waals surface area (Å²) in [5, 5.41) is 11.1. The molecule has 0 N–H and O–H groups in total. The fourth-order valence-corrected chi connectivity index (χ4v) is 6.30. The van der Waals surface area contributed by atoms with Crippen molar-refractivity contribution in [1.82, 2.24) is 4.57 Å². The van der Waals surface area contributed by atoms with Gasteiger partial charge in [-0.3, -0.25) is 19.5 Å². The molecule has 0 saturated carbocycles. The third-order valence-electron chi connectivity index (χ3n) is 6.56. The van der Waals surface area contributed by atoms with E-state index < -0.39 is 16.9 Å². The Morgan fingerprint density at radius 2 is 2.02 bits per heavy atom. The molecule has 0 unspecified atom stereocenters. The third kappa shape index (κ3) is 4.76. The zero-order chi connectivity index (χ0) is 28.8. The van der Waals surface area contributed by atoms with E-state index in [4.69, 9.17) is 18.6 Å². The molecule has 4 aromatic rings. The normalized spacial score (nSPS) is 16.0. The Morgan fingerprint density at radius 1 is 1.22 bits per heavy atom. The summed E-state index contributed by atoms with van der Waals surface area (Å²) in [6, 6.07) is 12.3. The fourth-order valence-electron chi connectivity index (χ4n) is 4.71. The van der Waals surface area contributed by atoms with Gasteiger partial charge in [-0.1, -0.05) is 17.4 Å². The van der Waals surface area contributed by atoms with E-state index in [0.29, 0.717) is 53.6 Å². The Hall–Kier alpha value is -4.49. The molecule has 0 amide bonds. The van der Waals surface area contributed by atoms with Crippen LogP contribution in [0.5, 0.6) is 11.5 Å². The molecule has 2 aromatic carbocycles. The number of thiazole rings is 1. The lowest BCUT2D eigenvalue weighted by Crippen LogP contribution is -2.39. The van der Waals surface area contributed by atoms with Crippen molar-refractivity contribution in [2.75, 3.05) is 13.4 Å². The summed E-state index contributed by atoms with van der Waals surface area (Å²) < 4.78 is 24.6. The van der Waals surface area contributed by atoms with E-state index in [-0.39, 0.29) is 30.2 Å². The lowest BCUT2D eigenvalue weighted by atomic mass is 9.95. The number of hydrogen-bond acceptors (Lipinski definition) is 10. The molecular formula is C28H20BrN3O8S. The van der Waals surface area contributed by atoms with Crippen LogP contribution in [0.25, 0.3) is 17.4 Å². The largest absolute Gasteiger partial charge is 0.463 e. The van der Waals surface area contributed by atoms with Crippen LogP contribution in [0.15, 0.2) is 78.5 Å². The maximum absolute atomic E-state index is 13.8. The van der Waals surface area contributed by atoms with E-state index in [2.05, 4.69) is 20.9 Å². The van der Waals surface area contributed by atoms with Crippen LogP contribution in [-0.2, 0) is 9.53 Å². The van der Waals surface area contributed by atoms with E-state index in [9.17, 15) is 19.7 Å². The predicted molar refractivity (Wildman–Crippen MR) is 151 cm³/mol. The van der Waals surface area contributed by atoms with Gasteiger partial charge in [0.05, 0.1) is 33.4 Å². The van der Waals surface area contributed by atoms with Gasteiger partial charge in [0.2, 0.25) is 6.79 Å². The Kier molecular flexibility index (Phi) is 6.83. The average Bonchev–Trinajstić information content (AvgIpc) is 3.67. The standard InChI is InChI=1S/C28H20BrN3O8S/c1-3-37-27(34)24-14(2)30-28-31(25(24)15-4-8-21-22(10-15)39-13-38-21)26(33)23(41-28)12-17-6-9-20(40-17)18-7-5-16(32(35)36)11-19(18)29/h4-12,25H,3,13H2,1-2H3/b23-12+/t25-/m0/s1. The second-order valence-electron chi connectivity index (χ2n) is 9.04. The summed E-state index contributed by atoms with van der Waals surface area (Å²) in [5.41, 5.74) is 1.55. The number of rotatable bonds is 6. The predicted octanol–water partition coefficient (Wildman–Crippen LogP) is 4.46. The van der Waals surface area contributed by atoms with Gasteiger partial charge >= 0.3 is 5.97 Å². The molecule has 0 bridgehead atoms. The lowest BCUT2D eigenvalue weighted by Gasteiger charge is -2.24. The maximum atomic E-state index is 13.8. The van der Waals surface area contributed by atoms with Crippen LogP contribution in [0, 0.1) is 10.1 Å². The SMILES string of the molecule is CCOC(=O)C1=C(C)N=c2s/c(=C/c3ccc(-c4ccc([N+](=O)[O-])cc4Br)o3)c(=O)n2[C@H]1c1ccc2c(c1)OCO2. The zero-order valence-electron chi connectivity index (χ0n) is 21.6. The zero-order valence-corrected chi connectivity index (χ0v) is 24.0. The highest BCUT2D eigenvalue weighted by Gasteiger charge is 2.34. The molecule has 0 radical (unpaired) electrons. The van der Waals surface area contributed by atoms with E-state index in [1.807, 2.05) is 0 Å². The smallest absolute Gasteiger partial charge is 0.338 e. The number of aromatic nitrogens is 1. The van der Waals surface area contributed by atoms with Crippen molar-refractivity contribution in [3.8, 4) is 22.8 Å². The number of benzene rings is 2. The van der Waals surface area contributed by atoms with Crippen molar-refractivity contribution in [1.29, 1.82) is 0 Å². The highest BCUT2D eigenvalue weighted by atomic mass is 79.9. The summed E-state index contributed by atoms with van der Waals surface area (Å²) in [5.74, 6) is 1.40. The minimum Gasteiger partial charge on any atom is -0.463 e. The van der Waals surface area contributed by atoms with Crippen LogP contribution < -0.4 is 24.4 Å². The van der Waals surface area contributed by atoms with Crippen molar-refractivity contribution in [3.05, 3.63) is 105 Å². The van der Waals surface area contributed by atoms with Gasteiger partial charge in [0.15, 0.2) is 16.3 Å². The number of halogens is 1. The van der Waals surface area contributed by atoms with Gasteiger partial charge in [-0.25, -0.2) is 9.79 Å². The Balaban J connectivity index is 1.45. The molecule has 0 spiro atoms. The van der Waals surface area contributed by atoms with Gasteiger partial charge in [0.1, 0.15) is 11.5 Å². The van der Waals surface area contributed by atoms with Gasteiger partial charge in [0.25, 0.3) is 11.2 Å². The number of ether oxygens (including phenoxy) is 3. The first-order valence-corrected chi connectivity index (χ1v) is 14.0. The van der Waals surface area contributed by atoms with E-state index in [1.54, 1.807) is 56.3 Å². The van der Waals surface area contributed by atoms with E-state index in [1.165, 1.54) is 28.0 Å².